The van der Waals surface area contributed by atoms with E-state index in [9.17, 15) is 9.59 Å². The summed E-state index contributed by atoms with van der Waals surface area (Å²) >= 11 is 0. The molecule has 2 aliphatic carbocycles. The number of benzene rings is 2. The highest BCUT2D eigenvalue weighted by Crippen LogP contribution is 2.45. The lowest BCUT2D eigenvalue weighted by molar-refractivity contribution is -0.133. The Bertz CT molecular complexity index is 1080. The maximum Gasteiger partial charge on any atom is 0.340 e. The van der Waals surface area contributed by atoms with Gasteiger partial charge in [0.1, 0.15) is 11.5 Å². The van der Waals surface area contributed by atoms with Crippen molar-refractivity contribution in [2.45, 2.75) is 48.0 Å². The van der Waals surface area contributed by atoms with Gasteiger partial charge in [-0.2, -0.15) is 0 Å². The molecule has 0 radical (unpaired) electrons. The number of rotatable bonds is 4. The van der Waals surface area contributed by atoms with Gasteiger partial charge in [-0.1, -0.05) is 24.3 Å². The highest BCUT2D eigenvalue weighted by molar-refractivity contribution is 6.04. The predicted octanol–water partition coefficient (Wildman–Crippen LogP) is 5.55. The first-order chi connectivity index (χ1) is 14.7. The van der Waals surface area contributed by atoms with Crippen LogP contribution in [0.1, 0.15) is 39.8 Å². The van der Waals surface area contributed by atoms with Crippen LogP contribution in [0.3, 0.4) is 0 Å². The molecule has 2 bridgehead atoms. The second-order valence-corrected chi connectivity index (χ2v) is 8.85. The fourth-order valence-electron chi connectivity index (χ4n) is 4.57. The van der Waals surface area contributed by atoms with Gasteiger partial charge in [0, 0.05) is 11.8 Å². The molecule has 0 heterocycles. The van der Waals surface area contributed by atoms with Crippen molar-refractivity contribution >= 4 is 11.9 Å². The maximum atomic E-state index is 13.2. The van der Waals surface area contributed by atoms with E-state index < -0.39 is 11.9 Å². The van der Waals surface area contributed by atoms with E-state index in [1.54, 1.807) is 0 Å². The number of esters is 2. The molecule has 0 spiro atoms. The van der Waals surface area contributed by atoms with E-state index in [0.717, 1.165) is 33.4 Å². The van der Waals surface area contributed by atoms with E-state index in [4.69, 9.17) is 9.47 Å². The molecule has 31 heavy (non-hydrogen) atoms. The lowest BCUT2D eigenvalue weighted by Gasteiger charge is -2.17. The summed E-state index contributed by atoms with van der Waals surface area (Å²) in [5.74, 6) is -0.0550. The van der Waals surface area contributed by atoms with Gasteiger partial charge in [-0.25, -0.2) is 9.59 Å². The molecule has 2 unspecified atom stereocenters. The van der Waals surface area contributed by atoms with Crippen molar-refractivity contribution in [3.63, 3.8) is 0 Å². The molecule has 2 aliphatic rings. The summed E-state index contributed by atoms with van der Waals surface area (Å²) in [5.41, 5.74) is 6.89. The Hall–Kier alpha value is -3.14. The van der Waals surface area contributed by atoms with Gasteiger partial charge in [0.2, 0.25) is 0 Å². The van der Waals surface area contributed by atoms with Crippen molar-refractivity contribution in [1.29, 1.82) is 0 Å². The number of hydrogen-bond acceptors (Lipinski definition) is 4. The van der Waals surface area contributed by atoms with Crippen molar-refractivity contribution in [3.8, 4) is 11.5 Å². The van der Waals surface area contributed by atoms with Gasteiger partial charge in [0.05, 0.1) is 11.1 Å². The number of ether oxygens (including phenoxy) is 2. The fourth-order valence-corrected chi connectivity index (χ4v) is 4.57. The zero-order valence-corrected chi connectivity index (χ0v) is 19.0. The molecule has 0 aromatic heterocycles. The molecule has 0 saturated heterocycles. The summed E-state index contributed by atoms with van der Waals surface area (Å²) in [5, 5.41) is 0. The van der Waals surface area contributed by atoms with Crippen LogP contribution >= 0.6 is 0 Å². The fraction of sp³-hybridized carbons (Fsp3) is 0.333. The highest BCUT2D eigenvalue weighted by atomic mass is 16.5. The topological polar surface area (TPSA) is 52.6 Å². The third kappa shape index (κ3) is 3.83. The molecular formula is C27H28O4. The quantitative estimate of drug-likeness (QED) is 0.372. The summed E-state index contributed by atoms with van der Waals surface area (Å²) in [6.45, 7) is 11.8. The minimum Gasteiger partial charge on any atom is -0.423 e. The SMILES string of the molecule is Cc1cc(C)c(C)c(OC(=O)C2=C(C(=O)Oc3cc(C)cc(C)c3C)C3C=CC2C3)c1. The maximum absolute atomic E-state index is 13.2. The summed E-state index contributed by atoms with van der Waals surface area (Å²) in [7, 11) is 0. The van der Waals surface area contributed by atoms with Crippen molar-refractivity contribution in [2.75, 3.05) is 0 Å². The smallest absolute Gasteiger partial charge is 0.340 e. The molecule has 4 rings (SSSR count). The van der Waals surface area contributed by atoms with Gasteiger partial charge in [-0.05, 0) is 93.5 Å². The molecule has 0 fully saturated rings. The molecule has 0 amide bonds. The Morgan fingerprint density at radius 3 is 1.45 bits per heavy atom. The molecule has 4 nitrogen and oxygen atoms in total. The van der Waals surface area contributed by atoms with E-state index in [0.29, 0.717) is 29.1 Å². The Morgan fingerprint density at radius 1 is 0.677 bits per heavy atom. The first-order valence-corrected chi connectivity index (χ1v) is 10.7. The second kappa shape index (κ2) is 7.84. The summed E-state index contributed by atoms with van der Waals surface area (Å²) in [6, 6.07) is 7.84. The van der Waals surface area contributed by atoms with E-state index in [-0.39, 0.29) is 11.8 Å². The number of fused-ring (bicyclic) bond motifs is 2. The number of carbonyl (C=O) groups excluding carboxylic acids is 2. The van der Waals surface area contributed by atoms with Gasteiger partial charge in [-0.3, -0.25) is 0 Å². The van der Waals surface area contributed by atoms with Gasteiger partial charge in [0.25, 0.3) is 0 Å². The van der Waals surface area contributed by atoms with Crippen molar-refractivity contribution in [1.82, 2.24) is 0 Å². The number of carbonyl (C=O) groups is 2. The molecule has 0 aliphatic heterocycles. The predicted molar refractivity (Wildman–Crippen MR) is 120 cm³/mol. The van der Waals surface area contributed by atoms with Crippen LogP contribution in [-0.4, -0.2) is 11.9 Å². The van der Waals surface area contributed by atoms with Crippen LogP contribution in [0.15, 0.2) is 47.6 Å². The lowest BCUT2D eigenvalue weighted by Crippen LogP contribution is -2.23. The van der Waals surface area contributed by atoms with Gasteiger partial charge < -0.3 is 9.47 Å². The van der Waals surface area contributed by atoms with Crippen LogP contribution < -0.4 is 9.47 Å². The third-order valence-corrected chi connectivity index (χ3v) is 6.49. The molecule has 2 atom stereocenters. The summed E-state index contributed by atoms with van der Waals surface area (Å²) < 4.78 is 11.6. The Kier molecular flexibility index (Phi) is 5.34. The Morgan fingerprint density at radius 2 is 1.06 bits per heavy atom. The number of aryl methyl sites for hydroxylation is 4. The van der Waals surface area contributed by atoms with Crippen molar-refractivity contribution in [2.24, 2.45) is 11.8 Å². The van der Waals surface area contributed by atoms with E-state index in [2.05, 4.69) is 12.1 Å². The normalized spacial score (nSPS) is 19.2. The molecule has 2 aromatic rings. The van der Waals surface area contributed by atoms with Crippen LogP contribution in [0.2, 0.25) is 0 Å². The average molecular weight is 417 g/mol. The molecule has 160 valence electrons. The van der Waals surface area contributed by atoms with Crippen LogP contribution in [0.25, 0.3) is 0 Å². The zero-order chi connectivity index (χ0) is 22.4. The van der Waals surface area contributed by atoms with Gasteiger partial charge in [-0.15, -0.1) is 0 Å². The average Bonchev–Trinajstić information content (AvgIpc) is 3.31. The van der Waals surface area contributed by atoms with E-state index in [1.807, 2.05) is 65.8 Å². The molecule has 4 heteroatoms. The molecular weight excluding hydrogens is 388 g/mol. The Balaban J connectivity index is 1.66. The third-order valence-electron chi connectivity index (χ3n) is 6.49. The van der Waals surface area contributed by atoms with Crippen LogP contribution in [-0.2, 0) is 9.59 Å². The minimum absolute atomic E-state index is 0.105. The summed E-state index contributed by atoms with van der Waals surface area (Å²) in [6.07, 6.45) is 4.70. The van der Waals surface area contributed by atoms with E-state index >= 15 is 0 Å². The number of allylic oxidation sites excluding steroid dienone is 2. The minimum atomic E-state index is -0.464. The van der Waals surface area contributed by atoms with Crippen molar-refractivity contribution < 1.29 is 19.1 Å². The first kappa shape index (κ1) is 21.1. The summed E-state index contributed by atoms with van der Waals surface area (Å²) in [4.78, 5) is 26.4. The molecule has 2 aromatic carbocycles. The van der Waals surface area contributed by atoms with Crippen LogP contribution in [0.4, 0.5) is 0 Å². The number of hydrogen-bond donors (Lipinski definition) is 0. The van der Waals surface area contributed by atoms with Crippen LogP contribution in [0.5, 0.6) is 11.5 Å². The lowest BCUT2D eigenvalue weighted by atomic mass is 9.97. The largest absolute Gasteiger partial charge is 0.423 e. The monoisotopic (exact) mass is 416 g/mol. The van der Waals surface area contributed by atoms with Gasteiger partial charge >= 0.3 is 11.9 Å². The standard InChI is InChI=1S/C27H28O4/c1-14-9-16(3)18(5)22(11-14)30-26(28)24-20-7-8-21(13-20)25(24)27(29)31-23-12-15(2)10-17(4)19(23)6/h7-12,20-21H,13H2,1-6H3. The highest BCUT2D eigenvalue weighted by Gasteiger charge is 2.43. The molecule has 0 N–H and O–H groups in total. The second-order valence-electron chi connectivity index (χ2n) is 8.85. The van der Waals surface area contributed by atoms with E-state index in [1.165, 1.54) is 0 Å². The van der Waals surface area contributed by atoms with Crippen molar-refractivity contribution in [3.05, 3.63) is 80.9 Å². The molecule has 0 saturated carbocycles. The van der Waals surface area contributed by atoms with Gasteiger partial charge in [0.15, 0.2) is 0 Å². The van der Waals surface area contributed by atoms with Crippen LogP contribution in [0, 0.1) is 53.4 Å². The Labute approximate surface area is 183 Å². The first-order valence-electron chi connectivity index (χ1n) is 10.7. The zero-order valence-electron chi connectivity index (χ0n) is 19.0.